The molecule has 0 unspecified atom stereocenters. The predicted octanol–water partition coefficient (Wildman–Crippen LogP) is 2.42. The summed E-state index contributed by atoms with van der Waals surface area (Å²) < 4.78 is 0. The second-order valence-electron chi connectivity index (χ2n) is 4.62. The van der Waals surface area contributed by atoms with E-state index in [1.165, 1.54) is 0 Å². The highest BCUT2D eigenvalue weighted by atomic mass is 16.3. The number of aryl methyl sites for hydroxylation is 1. The van der Waals surface area contributed by atoms with Crippen LogP contribution in [0.2, 0.25) is 0 Å². The minimum Gasteiger partial charge on any atom is -0.506 e. The first kappa shape index (κ1) is 11.3. The molecule has 2 atom stereocenters. The third-order valence-electron chi connectivity index (χ3n) is 3.22. The first-order valence-electron chi connectivity index (χ1n) is 5.91. The van der Waals surface area contributed by atoms with Crippen molar-refractivity contribution in [2.24, 2.45) is 0 Å². The number of aliphatic hydroxyl groups excluding tert-OH is 1. The number of aromatic hydroxyl groups is 1. The van der Waals surface area contributed by atoms with Crippen LogP contribution in [0.25, 0.3) is 0 Å². The minimum atomic E-state index is -0.297. The van der Waals surface area contributed by atoms with Gasteiger partial charge in [0.05, 0.1) is 17.8 Å². The lowest BCUT2D eigenvalue weighted by atomic mass is 9.92. The molecule has 1 aromatic carbocycles. The Morgan fingerprint density at radius 1 is 1.25 bits per heavy atom. The van der Waals surface area contributed by atoms with Gasteiger partial charge in [0.2, 0.25) is 0 Å². The fourth-order valence-electron chi connectivity index (χ4n) is 2.24. The number of rotatable bonds is 2. The van der Waals surface area contributed by atoms with Crippen LogP contribution in [-0.4, -0.2) is 22.4 Å². The van der Waals surface area contributed by atoms with Gasteiger partial charge in [-0.1, -0.05) is 18.9 Å². The molecule has 88 valence electrons. The van der Waals surface area contributed by atoms with Crippen LogP contribution in [0.5, 0.6) is 5.75 Å². The molecule has 1 aliphatic carbocycles. The van der Waals surface area contributed by atoms with Gasteiger partial charge in [0.1, 0.15) is 5.75 Å². The molecule has 0 spiro atoms. The average Bonchev–Trinajstić information content (AvgIpc) is 2.25. The van der Waals surface area contributed by atoms with E-state index in [0.717, 1.165) is 36.9 Å². The Hall–Kier alpha value is -1.22. The van der Waals surface area contributed by atoms with Gasteiger partial charge in [-0.2, -0.15) is 0 Å². The summed E-state index contributed by atoms with van der Waals surface area (Å²) in [6.07, 6.45) is 3.76. The normalized spacial score (nSPS) is 25.4. The lowest BCUT2D eigenvalue weighted by Crippen LogP contribution is -2.36. The average molecular weight is 221 g/mol. The van der Waals surface area contributed by atoms with Crippen LogP contribution in [0.1, 0.15) is 31.2 Å². The van der Waals surface area contributed by atoms with Crippen molar-refractivity contribution in [2.75, 3.05) is 5.32 Å². The highest BCUT2D eigenvalue weighted by Crippen LogP contribution is 2.28. The van der Waals surface area contributed by atoms with Crippen LogP contribution in [0.4, 0.5) is 5.69 Å². The van der Waals surface area contributed by atoms with E-state index >= 15 is 0 Å². The van der Waals surface area contributed by atoms with Gasteiger partial charge in [0.25, 0.3) is 0 Å². The van der Waals surface area contributed by atoms with E-state index in [-0.39, 0.29) is 17.9 Å². The highest BCUT2D eigenvalue weighted by molar-refractivity contribution is 5.57. The van der Waals surface area contributed by atoms with E-state index in [0.29, 0.717) is 0 Å². The second kappa shape index (κ2) is 4.74. The van der Waals surface area contributed by atoms with Gasteiger partial charge in [-0.05, 0) is 37.5 Å². The van der Waals surface area contributed by atoms with Gasteiger partial charge < -0.3 is 15.5 Å². The predicted molar refractivity (Wildman–Crippen MR) is 64.7 cm³/mol. The van der Waals surface area contributed by atoms with Gasteiger partial charge in [-0.15, -0.1) is 0 Å². The lowest BCUT2D eigenvalue weighted by molar-refractivity contribution is 0.116. The number of phenolic OH excluding ortho intramolecular Hbond substituents is 1. The Labute approximate surface area is 96.1 Å². The van der Waals surface area contributed by atoms with E-state index in [1.807, 2.05) is 19.1 Å². The third-order valence-corrected chi connectivity index (χ3v) is 3.22. The van der Waals surface area contributed by atoms with Crippen molar-refractivity contribution in [1.29, 1.82) is 0 Å². The molecule has 3 N–H and O–H groups in total. The number of nitrogens with one attached hydrogen (secondary N) is 1. The van der Waals surface area contributed by atoms with E-state index in [2.05, 4.69) is 5.32 Å². The number of phenols is 1. The number of hydrogen-bond acceptors (Lipinski definition) is 3. The molecule has 0 aromatic heterocycles. The van der Waals surface area contributed by atoms with Crippen LogP contribution >= 0.6 is 0 Å². The topological polar surface area (TPSA) is 52.5 Å². The first-order valence-corrected chi connectivity index (χ1v) is 5.91. The largest absolute Gasteiger partial charge is 0.506 e. The van der Waals surface area contributed by atoms with Gasteiger partial charge in [0, 0.05) is 0 Å². The molecule has 0 radical (unpaired) electrons. The van der Waals surface area contributed by atoms with Crippen molar-refractivity contribution in [1.82, 2.24) is 0 Å². The van der Waals surface area contributed by atoms with Crippen molar-refractivity contribution < 1.29 is 10.2 Å². The van der Waals surface area contributed by atoms with Crippen molar-refractivity contribution in [3.05, 3.63) is 23.8 Å². The van der Waals surface area contributed by atoms with E-state index < -0.39 is 0 Å². The molecule has 0 aliphatic heterocycles. The Morgan fingerprint density at radius 2 is 2.00 bits per heavy atom. The zero-order chi connectivity index (χ0) is 11.5. The minimum absolute atomic E-state index is 0.0716. The summed E-state index contributed by atoms with van der Waals surface area (Å²) in [6.45, 7) is 1.94. The fourth-order valence-corrected chi connectivity index (χ4v) is 2.24. The third kappa shape index (κ3) is 2.47. The lowest BCUT2D eigenvalue weighted by Gasteiger charge is -2.29. The molecular formula is C13H19NO2. The van der Waals surface area contributed by atoms with Crippen molar-refractivity contribution in [3.63, 3.8) is 0 Å². The maximum atomic E-state index is 9.83. The number of benzene rings is 1. The molecule has 2 rings (SSSR count). The number of aliphatic hydroxyl groups is 1. The molecule has 1 fully saturated rings. The summed E-state index contributed by atoms with van der Waals surface area (Å²) >= 11 is 0. The van der Waals surface area contributed by atoms with E-state index in [4.69, 9.17) is 0 Å². The van der Waals surface area contributed by atoms with Gasteiger partial charge in [-0.3, -0.25) is 0 Å². The molecule has 3 heteroatoms. The quantitative estimate of drug-likeness (QED) is 0.672. The first-order chi connectivity index (χ1) is 7.66. The van der Waals surface area contributed by atoms with Gasteiger partial charge in [0.15, 0.2) is 0 Å². The Morgan fingerprint density at radius 3 is 2.69 bits per heavy atom. The zero-order valence-corrected chi connectivity index (χ0v) is 9.61. The number of anilines is 1. The maximum Gasteiger partial charge on any atom is 0.138 e. The highest BCUT2D eigenvalue weighted by Gasteiger charge is 2.23. The smallest absolute Gasteiger partial charge is 0.138 e. The van der Waals surface area contributed by atoms with Crippen LogP contribution in [0.15, 0.2) is 18.2 Å². The van der Waals surface area contributed by atoms with E-state index in [9.17, 15) is 10.2 Å². The molecule has 0 bridgehead atoms. The molecule has 16 heavy (non-hydrogen) atoms. The van der Waals surface area contributed by atoms with Crippen molar-refractivity contribution in [3.8, 4) is 5.75 Å². The Kier molecular flexibility index (Phi) is 3.34. The van der Waals surface area contributed by atoms with Crippen molar-refractivity contribution >= 4 is 5.69 Å². The second-order valence-corrected chi connectivity index (χ2v) is 4.62. The summed E-state index contributed by atoms with van der Waals surface area (Å²) in [5, 5.41) is 22.8. The van der Waals surface area contributed by atoms with Crippen LogP contribution in [0, 0.1) is 6.92 Å². The monoisotopic (exact) mass is 221 g/mol. The molecule has 0 heterocycles. The summed E-state index contributed by atoms with van der Waals surface area (Å²) in [5.41, 5.74) is 1.75. The summed E-state index contributed by atoms with van der Waals surface area (Å²) in [7, 11) is 0. The van der Waals surface area contributed by atoms with Gasteiger partial charge in [-0.25, -0.2) is 0 Å². The molecule has 1 aliphatic rings. The summed E-state index contributed by atoms with van der Waals surface area (Å²) in [5.74, 6) is 0.262. The maximum absolute atomic E-state index is 9.83. The molecule has 1 saturated carbocycles. The molecule has 3 nitrogen and oxygen atoms in total. The van der Waals surface area contributed by atoms with Crippen molar-refractivity contribution in [2.45, 2.75) is 44.8 Å². The molecule has 0 saturated heterocycles. The van der Waals surface area contributed by atoms with Crippen LogP contribution in [-0.2, 0) is 0 Å². The molecular weight excluding hydrogens is 202 g/mol. The Balaban J connectivity index is 2.07. The van der Waals surface area contributed by atoms with Crippen LogP contribution in [0.3, 0.4) is 0 Å². The summed E-state index contributed by atoms with van der Waals surface area (Å²) in [4.78, 5) is 0. The standard InChI is InChI=1S/C13H19NO2/c1-9-6-7-11(13(16)8-9)14-10-4-2-3-5-12(10)15/h6-8,10,12,14-16H,2-5H2,1H3/t10-,12-/m0/s1. The van der Waals surface area contributed by atoms with Gasteiger partial charge >= 0.3 is 0 Å². The summed E-state index contributed by atoms with van der Waals surface area (Å²) in [6, 6.07) is 5.63. The fraction of sp³-hybridized carbons (Fsp3) is 0.538. The van der Waals surface area contributed by atoms with E-state index in [1.54, 1.807) is 6.07 Å². The number of hydrogen-bond donors (Lipinski definition) is 3. The SMILES string of the molecule is Cc1ccc(N[C@H]2CCCC[C@@H]2O)c(O)c1. The van der Waals surface area contributed by atoms with Crippen LogP contribution < -0.4 is 5.32 Å². The molecule has 1 aromatic rings. The zero-order valence-electron chi connectivity index (χ0n) is 9.61. The Bertz CT molecular complexity index is 365. The molecule has 0 amide bonds.